The SMILES string of the molecule is O=C(NC1CC1)[C@H](c1ccccc1)N1CCN(c2ccccc2F)CC1. The smallest absolute Gasteiger partial charge is 0.242 e. The van der Waals surface area contributed by atoms with Gasteiger partial charge in [0.15, 0.2) is 0 Å². The van der Waals surface area contributed by atoms with Crippen molar-refractivity contribution < 1.29 is 9.18 Å². The van der Waals surface area contributed by atoms with E-state index in [0.29, 0.717) is 24.8 Å². The summed E-state index contributed by atoms with van der Waals surface area (Å²) in [6.45, 7) is 2.87. The zero-order chi connectivity index (χ0) is 17.9. The molecular weight excluding hydrogens is 329 g/mol. The first-order valence-corrected chi connectivity index (χ1v) is 9.31. The van der Waals surface area contributed by atoms with Gasteiger partial charge in [-0.25, -0.2) is 4.39 Å². The van der Waals surface area contributed by atoms with Crippen LogP contribution in [-0.2, 0) is 4.79 Å². The lowest BCUT2D eigenvalue weighted by atomic mass is 10.0. The average molecular weight is 353 g/mol. The molecule has 2 aromatic carbocycles. The Bertz CT molecular complexity index is 755. The molecule has 1 amide bonds. The van der Waals surface area contributed by atoms with Crippen LogP contribution in [0.5, 0.6) is 0 Å². The van der Waals surface area contributed by atoms with Gasteiger partial charge in [0.25, 0.3) is 0 Å². The molecule has 1 aliphatic heterocycles. The van der Waals surface area contributed by atoms with Crippen molar-refractivity contribution in [1.29, 1.82) is 0 Å². The number of nitrogens with one attached hydrogen (secondary N) is 1. The molecule has 26 heavy (non-hydrogen) atoms. The van der Waals surface area contributed by atoms with Crippen LogP contribution in [0.1, 0.15) is 24.4 Å². The van der Waals surface area contributed by atoms with E-state index < -0.39 is 0 Å². The number of carbonyl (C=O) groups is 1. The van der Waals surface area contributed by atoms with Crippen molar-refractivity contribution in [3.8, 4) is 0 Å². The van der Waals surface area contributed by atoms with E-state index in [1.165, 1.54) is 6.07 Å². The van der Waals surface area contributed by atoms with Gasteiger partial charge in [-0.05, 0) is 30.5 Å². The fourth-order valence-electron chi connectivity index (χ4n) is 3.60. The molecule has 4 rings (SSSR count). The predicted octanol–water partition coefficient (Wildman–Crippen LogP) is 2.97. The molecule has 0 spiro atoms. The molecule has 4 nitrogen and oxygen atoms in total. The molecule has 2 fully saturated rings. The van der Waals surface area contributed by atoms with Gasteiger partial charge in [-0.1, -0.05) is 42.5 Å². The van der Waals surface area contributed by atoms with Crippen LogP contribution >= 0.6 is 0 Å². The summed E-state index contributed by atoms with van der Waals surface area (Å²) in [5.74, 6) is -0.106. The number of carbonyl (C=O) groups excluding carboxylic acids is 1. The average Bonchev–Trinajstić information content (AvgIpc) is 3.48. The fraction of sp³-hybridized carbons (Fsp3) is 0.381. The van der Waals surface area contributed by atoms with Gasteiger partial charge in [-0.15, -0.1) is 0 Å². The second kappa shape index (κ2) is 7.46. The van der Waals surface area contributed by atoms with Crippen molar-refractivity contribution in [3.63, 3.8) is 0 Å². The molecule has 1 N–H and O–H groups in total. The Morgan fingerprint density at radius 2 is 1.62 bits per heavy atom. The predicted molar refractivity (Wildman–Crippen MR) is 101 cm³/mol. The lowest BCUT2D eigenvalue weighted by Crippen LogP contribution is -2.51. The molecule has 1 heterocycles. The molecule has 1 saturated carbocycles. The fourth-order valence-corrected chi connectivity index (χ4v) is 3.60. The minimum Gasteiger partial charge on any atom is -0.367 e. The summed E-state index contributed by atoms with van der Waals surface area (Å²) in [7, 11) is 0. The highest BCUT2D eigenvalue weighted by Gasteiger charge is 2.33. The molecule has 2 aliphatic rings. The summed E-state index contributed by atoms with van der Waals surface area (Å²) in [6.07, 6.45) is 2.16. The van der Waals surface area contributed by atoms with Gasteiger partial charge in [0.2, 0.25) is 5.91 Å². The number of hydrogen-bond acceptors (Lipinski definition) is 3. The second-order valence-corrected chi connectivity index (χ2v) is 7.07. The molecule has 136 valence electrons. The number of para-hydroxylation sites is 1. The van der Waals surface area contributed by atoms with E-state index in [4.69, 9.17) is 0 Å². The summed E-state index contributed by atoms with van der Waals surface area (Å²) >= 11 is 0. The van der Waals surface area contributed by atoms with Gasteiger partial charge in [0.05, 0.1) is 5.69 Å². The van der Waals surface area contributed by atoms with Crippen LogP contribution in [0.25, 0.3) is 0 Å². The number of benzene rings is 2. The Labute approximate surface area is 153 Å². The summed E-state index contributed by atoms with van der Waals surface area (Å²) in [5, 5.41) is 3.15. The van der Waals surface area contributed by atoms with Gasteiger partial charge < -0.3 is 10.2 Å². The zero-order valence-electron chi connectivity index (χ0n) is 14.8. The number of rotatable bonds is 5. The normalized spacial score (nSPS) is 19.2. The molecule has 1 saturated heterocycles. The van der Waals surface area contributed by atoms with Crippen molar-refractivity contribution in [3.05, 3.63) is 66.0 Å². The highest BCUT2D eigenvalue weighted by molar-refractivity contribution is 5.83. The number of halogens is 1. The Morgan fingerprint density at radius 3 is 2.27 bits per heavy atom. The Hall–Kier alpha value is -2.40. The first-order chi connectivity index (χ1) is 12.7. The van der Waals surface area contributed by atoms with E-state index in [0.717, 1.165) is 31.5 Å². The van der Waals surface area contributed by atoms with E-state index in [9.17, 15) is 9.18 Å². The number of nitrogens with zero attached hydrogens (tertiary/aromatic N) is 2. The molecule has 5 heteroatoms. The van der Waals surface area contributed by atoms with Crippen LogP contribution in [0.2, 0.25) is 0 Å². The first kappa shape index (κ1) is 17.0. The van der Waals surface area contributed by atoms with E-state index in [-0.39, 0.29) is 17.8 Å². The van der Waals surface area contributed by atoms with Gasteiger partial charge in [0.1, 0.15) is 11.9 Å². The maximum absolute atomic E-state index is 14.1. The highest BCUT2D eigenvalue weighted by atomic mass is 19.1. The maximum atomic E-state index is 14.1. The molecule has 0 unspecified atom stereocenters. The standard InChI is InChI=1S/C21H24FN3O/c22-18-8-4-5-9-19(18)24-12-14-25(15-13-24)20(16-6-2-1-3-7-16)21(26)23-17-10-11-17/h1-9,17,20H,10-15H2,(H,23,26)/t20-/m0/s1. The van der Waals surface area contributed by atoms with Crippen LogP contribution in [0.4, 0.5) is 10.1 Å². The van der Waals surface area contributed by atoms with Crippen LogP contribution in [0, 0.1) is 5.82 Å². The van der Waals surface area contributed by atoms with E-state index in [2.05, 4.69) is 15.1 Å². The van der Waals surface area contributed by atoms with Gasteiger partial charge >= 0.3 is 0 Å². The number of anilines is 1. The molecule has 1 atom stereocenters. The number of amides is 1. The Morgan fingerprint density at radius 1 is 0.962 bits per heavy atom. The second-order valence-electron chi connectivity index (χ2n) is 7.07. The minimum atomic E-state index is -0.278. The van der Waals surface area contributed by atoms with Crippen molar-refractivity contribution in [2.75, 3.05) is 31.1 Å². The topological polar surface area (TPSA) is 35.6 Å². The van der Waals surface area contributed by atoms with Crippen molar-refractivity contribution in [1.82, 2.24) is 10.2 Å². The van der Waals surface area contributed by atoms with E-state index in [1.807, 2.05) is 42.5 Å². The molecule has 0 bridgehead atoms. The highest BCUT2D eigenvalue weighted by Crippen LogP contribution is 2.27. The summed E-state index contributed by atoms with van der Waals surface area (Å²) in [4.78, 5) is 17.1. The van der Waals surface area contributed by atoms with Gasteiger partial charge in [0, 0.05) is 32.2 Å². The molecule has 1 aliphatic carbocycles. The summed E-state index contributed by atoms with van der Waals surface area (Å²) in [6, 6.07) is 16.9. The van der Waals surface area contributed by atoms with Crippen LogP contribution in [0.3, 0.4) is 0 Å². The third-order valence-corrected chi connectivity index (χ3v) is 5.16. The first-order valence-electron chi connectivity index (χ1n) is 9.31. The van der Waals surface area contributed by atoms with E-state index >= 15 is 0 Å². The Balaban J connectivity index is 1.49. The molecule has 2 aromatic rings. The van der Waals surface area contributed by atoms with Crippen molar-refractivity contribution in [2.45, 2.75) is 24.9 Å². The van der Waals surface area contributed by atoms with Gasteiger partial charge in [-0.2, -0.15) is 0 Å². The summed E-state index contributed by atoms with van der Waals surface area (Å²) in [5.41, 5.74) is 1.66. The molecule has 0 radical (unpaired) electrons. The molecular formula is C21H24FN3O. The van der Waals surface area contributed by atoms with Crippen LogP contribution in [0.15, 0.2) is 54.6 Å². The van der Waals surface area contributed by atoms with Crippen molar-refractivity contribution in [2.24, 2.45) is 0 Å². The number of hydrogen-bond donors (Lipinski definition) is 1. The minimum absolute atomic E-state index is 0.0815. The van der Waals surface area contributed by atoms with E-state index in [1.54, 1.807) is 6.07 Å². The zero-order valence-corrected chi connectivity index (χ0v) is 14.8. The largest absolute Gasteiger partial charge is 0.367 e. The molecule has 0 aromatic heterocycles. The van der Waals surface area contributed by atoms with Gasteiger partial charge in [-0.3, -0.25) is 9.69 Å². The lowest BCUT2D eigenvalue weighted by Gasteiger charge is -2.39. The maximum Gasteiger partial charge on any atom is 0.242 e. The van der Waals surface area contributed by atoms with Crippen LogP contribution in [-0.4, -0.2) is 43.0 Å². The third kappa shape index (κ3) is 3.73. The number of piperazine rings is 1. The quantitative estimate of drug-likeness (QED) is 0.898. The van der Waals surface area contributed by atoms with Crippen molar-refractivity contribution >= 4 is 11.6 Å². The summed E-state index contributed by atoms with van der Waals surface area (Å²) < 4.78 is 14.1. The van der Waals surface area contributed by atoms with Crippen LogP contribution < -0.4 is 10.2 Å². The monoisotopic (exact) mass is 353 g/mol. The third-order valence-electron chi connectivity index (χ3n) is 5.16. The Kier molecular flexibility index (Phi) is 4.89. The lowest BCUT2D eigenvalue weighted by molar-refractivity contribution is -0.127.